The topological polar surface area (TPSA) is 71.5 Å². The van der Waals surface area contributed by atoms with Crippen LogP contribution < -0.4 is 10.1 Å². The first-order valence-corrected chi connectivity index (χ1v) is 11.4. The Morgan fingerprint density at radius 3 is 2.61 bits per heavy atom. The van der Waals surface area contributed by atoms with Gasteiger partial charge in [-0.3, -0.25) is 14.6 Å². The van der Waals surface area contributed by atoms with E-state index >= 15 is 0 Å². The van der Waals surface area contributed by atoms with E-state index < -0.39 is 6.04 Å². The molecule has 6 heteroatoms. The van der Waals surface area contributed by atoms with Crippen molar-refractivity contribution in [3.05, 3.63) is 84.2 Å². The van der Waals surface area contributed by atoms with E-state index in [1.165, 1.54) is 0 Å². The van der Waals surface area contributed by atoms with Crippen molar-refractivity contribution in [1.29, 1.82) is 0 Å². The summed E-state index contributed by atoms with van der Waals surface area (Å²) in [5, 5.41) is 2.93. The van der Waals surface area contributed by atoms with Gasteiger partial charge in [-0.05, 0) is 52.9 Å². The van der Waals surface area contributed by atoms with Gasteiger partial charge >= 0.3 is 0 Å². The number of rotatable bonds is 8. The smallest absolute Gasteiger partial charge is 0.243 e. The monoisotopic (exact) mass is 443 g/mol. The molecule has 0 bridgehead atoms. The van der Waals surface area contributed by atoms with E-state index in [1.54, 1.807) is 17.3 Å². The van der Waals surface area contributed by atoms with E-state index in [9.17, 15) is 9.59 Å². The average molecular weight is 444 g/mol. The van der Waals surface area contributed by atoms with E-state index in [-0.39, 0.29) is 18.2 Å². The Kier molecular flexibility index (Phi) is 7.35. The summed E-state index contributed by atoms with van der Waals surface area (Å²) in [4.78, 5) is 31.9. The van der Waals surface area contributed by atoms with Crippen molar-refractivity contribution in [1.82, 2.24) is 15.2 Å². The lowest BCUT2D eigenvalue weighted by Gasteiger charge is -2.35. The summed E-state index contributed by atoms with van der Waals surface area (Å²) in [6, 6.07) is 19.0. The quantitative estimate of drug-likeness (QED) is 0.577. The summed E-state index contributed by atoms with van der Waals surface area (Å²) in [7, 11) is 0. The van der Waals surface area contributed by atoms with Gasteiger partial charge in [0.25, 0.3) is 0 Å². The van der Waals surface area contributed by atoms with Gasteiger partial charge in [0.1, 0.15) is 11.8 Å². The number of amides is 2. The van der Waals surface area contributed by atoms with Crippen LogP contribution in [-0.4, -0.2) is 47.4 Å². The molecular formula is C27H29N3O3. The fourth-order valence-corrected chi connectivity index (χ4v) is 4.14. The van der Waals surface area contributed by atoms with Crippen LogP contribution in [0.2, 0.25) is 0 Å². The zero-order chi connectivity index (χ0) is 23.0. The van der Waals surface area contributed by atoms with Gasteiger partial charge in [0.15, 0.2) is 0 Å². The molecule has 33 heavy (non-hydrogen) atoms. The second kappa shape index (κ2) is 10.8. The lowest BCUT2D eigenvalue weighted by atomic mass is 9.94. The third kappa shape index (κ3) is 5.58. The lowest BCUT2D eigenvalue weighted by Crippen LogP contribution is -2.58. The van der Waals surface area contributed by atoms with Gasteiger partial charge in [0.05, 0.1) is 13.0 Å². The number of benzene rings is 2. The first-order chi connectivity index (χ1) is 16.2. The molecule has 1 saturated heterocycles. The van der Waals surface area contributed by atoms with E-state index in [2.05, 4.69) is 17.2 Å². The highest BCUT2D eigenvalue weighted by Crippen LogP contribution is 2.26. The summed E-state index contributed by atoms with van der Waals surface area (Å²) in [5.74, 6) is 0.650. The minimum atomic E-state index is -0.540. The van der Waals surface area contributed by atoms with Crippen LogP contribution in [0.1, 0.15) is 24.5 Å². The van der Waals surface area contributed by atoms with Crippen molar-refractivity contribution >= 4 is 11.8 Å². The molecule has 2 heterocycles. The molecule has 2 aromatic carbocycles. The molecule has 170 valence electrons. The first kappa shape index (κ1) is 22.5. The Labute approximate surface area is 194 Å². The summed E-state index contributed by atoms with van der Waals surface area (Å²) in [5.41, 5.74) is 4.03. The lowest BCUT2D eigenvalue weighted by molar-refractivity contribution is -0.142. The Morgan fingerprint density at radius 2 is 1.85 bits per heavy atom. The van der Waals surface area contributed by atoms with Crippen LogP contribution in [0, 0.1) is 0 Å². The minimum Gasteiger partial charge on any atom is -0.494 e. The highest BCUT2D eigenvalue weighted by molar-refractivity contribution is 5.90. The Bertz CT molecular complexity index is 1080. The molecule has 0 unspecified atom stereocenters. The number of pyridine rings is 1. The van der Waals surface area contributed by atoms with Crippen molar-refractivity contribution in [3.8, 4) is 16.9 Å². The third-order valence-corrected chi connectivity index (χ3v) is 5.82. The molecule has 0 aliphatic carbocycles. The van der Waals surface area contributed by atoms with Crippen molar-refractivity contribution in [2.45, 2.75) is 32.2 Å². The molecule has 1 aromatic heterocycles. The van der Waals surface area contributed by atoms with Crippen LogP contribution >= 0.6 is 0 Å². The van der Waals surface area contributed by atoms with Crippen molar-refractivity contribution < 1.29 is 14.3 Å². The van der Waals surface area contributed by atoms with E-state index in [0.717, 1.165) is 34.4 Å². The number of aromatic nitrogens is 1. The van der Waals surface area contributed by atoms with Gasteiger partial charge < -0.3 is 15.0 Å². The second-order valence-corrected chi connectivity index (χ2v) is 8.16. The molecule has 0 radical (unpaired) electrons. The molecule has 1 atom stereocenters. The number of hydrogen-bond acceptors (Lipinski definition) is 4. The molecule has 2 amide bonds. The first-order valence-electron chi connectivity index (χ1n) is 11.4. The molecule has 4 rings (SSSR count). The van der Waals surface area contributed by atoms with Gasteiger partial charge in [-0.25, -0.2) is 0 Å². The molecule has 1 N–H and O–H groups in total. The predicted octanol–water partition coefficient (Wildman–Crippen LogP) is 3.65. The second-order valence-electron chi connectivity index (χ2n) is 8.16. The van der Waals surface area contributed by atoms with E-state index in [4.69, 9.17) is 4.74 Å². The largest absolute Gasteiger partial charge is 0.494 e. The number of ether oxygens (including phenoxy) is 1. The number of carbonyl (C=O) groups is 2. The van der Waals surface area contributed by atoms with Crippen LogP contribution in [0.15, 0.2) is 73.1 Å². The molecule has 1 fully saturated rings. The zero-order valence-corrected chi connectivity index (χ0v) is 18.9. The number of hydrogen-bond donors (Lipinski definition) is 1. The number of piperazine rings is 1. The third-order valence-electron chi connectivity index (χ3n) is 5.82. The van der Waals surface area contributed by atoms with Gasteiger partial charge in [0.2, 0.25) is 11.8 Å². The Balaban J connectivity index is 1.51. The van der Waals surface area contributed by atoms with Crippen LogP contribution in [0.5, 0.6) is 5.75 Å². The van der Waals surface area contributed by atoms with Gasteiger partial charge in [-0.1, -0.05) is 43.3 Å². The maximum atomic E-state index is 13.2. The molecule has 3 aromatic rings. The van der Waals surface area contributed by atoms with Crippen LogP contribution in [0.25, 0.3) is 11.1 Å². The number of nitrogens with one attached hydrogen (secondary N) is 1. The zero-order valence-electron chi connectivity index (χ0n) is 18.9. The number of nitrogens with zero attached hydrogens (tertiary/aromatic N) is 2. The number of carbonyl (C=O) groups excluding carboxylic acids is 2. The summed E-state index contributed by atoms with van der Waals surface area (Å²) in [6.07, 6.45) is 5.17. The maximum absolute atomic E-state index is 13.2. The normalized spacial score (nSPS) is 15.7. The van der Waals surface area contributed by atoms with Crippen molar-refractivity contribution in [3.63, 3.8) is 0 Å². The predicted molar refractivity (Wildman–Crippen MR) is 128 cm³/mol. The highest BCUT2D eigenvalue weighted by Gasteiger charge is 2.33. The molecular weight excluding hydrogens is 414 g/mol. The van der Waals surface area contributed by atoms with E-state index in [1.807, 2.05) is 60.7 Å². The molecule has 1 aliphatic heterocycles. The van der Waals surface area contributed by atoms with Crippen LogP contribution in [-0.2, 0) is 22.4 Å². The average Bonchev–Trinajstić information content (AvgIpc) is 2.85. The van der Waals surface area contributed by atoms with Crippen molar-refractivity contribution in [2.24, 2.45) is 0 Å². The van der Waals surface area contributed by atoms with Crippen LogP contribution in [0.4, 0.5) is 0 Å². The van der Waals surface area contributed by atoms with E-state index in [0.29, 0.717) is 26.1 Å². The van der Waals surface area contributed by atoms with Gasteiger partial charge in [0, 0.05) is 31.9 Å². The fraction of sp³-hybridized carbons (Fsp3) is 0.296. The van der Waals surface area contributed by atoms with Gasteiger partial charge in [-0.2, -0.15) is 0 Å². The molecule has 0 spiro atoms. The maximum Gasteiger partial charge on any atom is 0.243 e. The Hall–Kier alpha value is -3.67. The molecule has 6 nitrogen and oxygen atoms in total. The standard InChI is InChI=1S/C27H29N3O3/c1-2-17-33-23-9-7-20(8-10-23)18-26(31)30-16-15-29-27(32)25(30)19-22-5-3-4-6-24(22)21-11-13-28-14-12-21/h3-14,25H,2,15-19H2,1H3,(H,29,32)/t25-/m0/s1. The summed E-state index contributed by atoms with van der Waals surface area (Å²) in [6.45, 7) is 3.71. The van der Waals surface area contributed by atoms with Gasteiger partial charge in [-0.15, -0.1) is 0 Å². The summed E-state index contributed by atoms with van der Waals surface area (Å²) >= 11 is 0. The highest BCUT2D eigenvalue weighted by atomic mass is 16.5. The minimum absolute atomic E-state index is 0.0431. The fourth-order valence-electron chi connectivity index (χ4n) is 4.14. The molecule has 1 aliphatic rings. The summed E-state index contributed by atoms with van der Waals surface area (Å²) < 4.78 is 5.62. The van der Waals surface area contributed by atoms with Crippen LogP contribution in [0.3, 0.4) is 0 Å². The van der Waals surface area contributed by atoms with Crippen molar-refractivity contribution in [2.75, 3.05) is 19.7 Å². The Morgan fingerprint density at radius 1 is 1.09 bits per heavy atom. The molecule has 0 saturated carbocycles. The SMILES string of the molecule is CCCOc1ccc(CC(=O)N2CCNC(=O)[C@@H]2Cc2ccccc2-c2ccncc2)cc1.